The second-order valence-corrected chi connectivity index (χ2v) is 12.4. The lowest BCUT2D eigenvalue weighted by Crippen LogP contribution is -2.84. The van der Waals surface area contributed by atoms with Gasteiger partial charge in [0.1, 0.15) is 20.1 Å². The smallest absolute Gasteiger partial charge is 0.142 e. The summed E-state index contributed by atoms with van der Waals surface area (Å²) in [7, 11) is 0. The van der Waals surface area contributed by atoms with Gasteiger partial charge in [0.05, 0.1) is 13.1 Å². The van der Waals surface area contributed by atoms with Gasteiger partial charge in [-0.2, -0.15) is 0 Å². The van der Waals surface area contributed by atoms with Crippen molar-refractivity contribution in [3.05, 3.63) is 0 Å². The van der Waals surface area contributed by atoms with Crippen LogP contribution in [-0.4, -0.2) is 33.2 Å². The highest BCUT2D eigenvalue weighted by Crippen LogP contribution is 2.57. The Hall–Kier alpha value is 0.155. The molecule has 0 amide bonds. The minimum absolute atomic E-state index is 0.987. The number of hydrogen-bond donors (Lipinski definition) is 1. The predicted octanol–water partition coefficient (Wildman–Crippen LogP) is 7.37. The van der Waals surface area contributed by atoms with Gasteiger partial charge in [-0.15, -0.1) is 0 Å². The van der Waals surface area contributed by atoms with Gasteiger partial charge >= 0.3 is 0 Å². The lowest BCUT2D eigenvalue weighted by atomic mass is 9.06. The van der Waals surface area contributed by atoms with Crippen molar-refractivity contribution < 1.29 is 5.32 Å². The predicted molar refractivity (Wildman–Crippen MR) is 143 cm³/mol. The van der Waals surface area contributed by atoms with Gasteiger partial charge in [-0.3, -0.25) is 0 Å². The molecule has 2 N–H and O–H groups in total. The summed E-state index contributed by atoms with van der Waals surface area (Å²) in [5, 5.41) is 2.73. The van der Waals surface area contributed by atoms with E-state index >= 15 is 0 Å². The number of quaternary nitrogens is 1. The van der Waals surface area contributed by atoms with E-state index in [0.29, 0.717) is 0 Å². The Morgan fingerprint density at radius 3 is 1.55 bits per heavy atom. The number of fused-ring (bicyclic) bond motifs is 4. The first-order valence-corrected chi connectivity index (χ1v) is 15.1. The van der Waals surface area contributed by atoms with Gasteiger partial charge in [-0.25, -0.2) is 0 Å². The maximum Gasteiger partial charge on any atom is 0.142 e. The Balaban J connectivity index is 1.33. The topological polar surface area (TPSA) is 16.6 Å². The third kappa shape index (κ3) is 6.19. The van der Waals surface area contributed by atoms with E-state index in [1.807, 2.05) is 0 Å². The second kappa shape index (κ2) is 12.6. The molecule has 4 aliphatic heterocycles. The van der Waals surface area contributed by atoms with Gasteiger partial charge in [0.15, 0.2) is 0 Å². The van der Waals surface area contributed by atoms with Crippen LogP contribution in [0.1, 0.15) is 110 Å². The highest BCUT2D eigenvalue weighted by Gasteiger charge is 2.51. The quantitative estimate of drug-likeness (QED) is 0.249. The third-order valence-corrected chi connectivity index (χ3v) is 10.9. The molecule has 31 heavy (non-hydrogen) atoms. The van der Waals surface area contributed by atoms with E-state index in [9.17, 15) is 0 Å². The van der Waals surface area contributed by atoms with Crippen molar-refractivity contribution in [1.29, 1.82) is 0 Å². The maximum absolute atomic E-state index is 2.73. The van der Waals surface area contributed by atoms with E-state index in [4.69, 9.17) is 0 Å². The van der Waals surface area contributed by atoms with Crippen LogP contribution in [0.2, 0.25) is 47.9 Å². The molecule has 4 fully saturated rings. The van der Waals surface area contributed by atoms with Crippen LogP contribution in [0.3, 0.4) is 0 Å². The Morgan fingerprint density at radius 1 is 0.677 bits per heavy atom. The van der Waals surface area contributed by atoms with Gasteiger partial charge in [-0.1, -0.05) is 145 Å². The van der Waals surface area contributed by atoms with Crippen LogP contribution < -0.4 is 5.32 Å². The summed E-state index contributed by atoms with van der Waals surface area (Å²) in [5.74, 6) is 4.45. The Bertz CT molecular complexity index is 435. The third-order valence-electron chi connectivity index (χ3n) is 10.9. The SMILES string of the molecule is CCB(CC)CCCC[NH2+]CCC(B1C2CCCC1CCC2)B1C2CCCC1CCC2. The molecule has 4 heterocycles. The summed E-state index contributed by atoms with van der Waals surface area (Å²) in [6.07, 6.45) is 27.6. The van der Waals surface area contributed by atoms with Crippen LogP contribution in [0.25, 0.3) is 0 Å². The number of nitrogens with two attached hydrogens (primary N) is 1. The zero-order chi connectivity index (χ0) is 21.5. The highest BCUT2D eigenvalue weighted by molar-refractivity contribution is 6.83. The maximum atomic E-state index is 2.73. The molecular formula is C27H53B3N+. The van der Waals surface area contributed by atoms with Crippen molar-refractivity contribution in [1.82, 2.24) is 0 Å². The molecule has 0 atom stereocenters. The molecule has 0 aliphatic carbocycles. The van der Waals surface area contributed by atoms with Gasteiger partial charge in [0.25, 0.3) is 0 Å². The van der Waals surface area contributed by atoms with Crippen LogP contribution in [0.15, 0.2) is 0 Å². The molecular weight excluding hydrogens is 371 g/mol. The molecule has 0 spiro atoms. The Labute approximate surface area is 196 Å². The summed E-state index contributed by atoms with van der Waals surface area (Å²) in [5.41, 5.74) is 1.09. The van der Waals surface area contributed by atoms with Crippen molar-refractivity contribution in [2.24, 2.45) is 0 Å². The lowest BCUT2D eigenvalue weighted by molar-refractivity contribution is -0.655. The van der Waals surface area contributed by atoms with Crippen LogP contribution in [0.4, 0.5) is 0 Å². The monoisotopic (exact) mass is 424 g/mol. The van der Waals surface area contributed by atoms with Gasteiger partial charge in [0.2, 0.25) is 0 Å². The van der Waals surface area contributed by atoms with E-state index in [1.165, 1.54) is 44.9 Å². The van der Waals surface area contributed by atoms with E-state index in [1.54, 1.807) is 83.5 Å². The largest absolute Gasteiger partial charge is 0.346 e. The first-order chi connectivity index (χ1) is 15.3. The molecule has 4 aliphatic rings. The summed E-state index contributed by atoms with van der Waals surface area (Å²) < 4.78 is 0. The van der Waals surface area contributed by atoms with Crippen molar-refractivity contribution >= 4 is 20.1 Å². The van der Waals surface area contributed by atoms with Crippen LogP contribution >= 0.6 is 0 Å². The molecule has 0 saturated carbocycles. The molecule has 1 nitrogen and oxygen atoms in total. The Kier molecular flexibility index (Phi) is 9.85. The summed E-state index contributed by atoms with van der Waals surface area (Å²) in [4.78, 5) is 0. The molecule has 0 aromatic heterocycles. The molecule has 4 bridgehead atoms. The van der Waals surface area contributed by atoms with Crippen LogP contribution in [-0.2, 0) is 0 Å². The first-order valence-electron chi connectivity index (χ1n) is 15.1. The minimum Gasteiger partial charge on any atom is -0.346 e. The number of rotatable bonds is 12. The summed E-state index contributed by atoms with van der Waals surface area (Å²) >= 11 is 0. The van der Waals surface area contributed by atoms with E-state index in [0.717, 1.165) is 49.1 Å². The van der Waals surface area contributed by atoms with E-state index in [2.05, 4.69) is 19.2 Å². The molecule has 0 aromatic carbocycles. The molecule has 174 valence electrons. The highest BCUT2D eigenvalue weighted by atomic mass is 14.8. The fourth-order valence-corrected chi connectivity index (χ4v) is 9.37. The van der Waals surface area contributed by atoms with Crippen molar-refractivity contribution in [2.75, 3.05) is 13.1 Å². The van der Waals surface area contributed by atoms with Crippen LogP contribution in [0, 0.1) is 0 Å². The molecule has 4 heteroatoms. The number of hydrogen-bond acceptors (Lipinski definition) is 0. The average Bonchev–Trinajstić information content (AvgIpc) is 2.77. The van der Waals surface area contributed by atoms with Crippen molar-refractivity contribution in [3.8, 4) is 0 Å². The average molecular weight is 424 g/mol. The van der Waals surface area contributed by atoms with Crippen LogP contribution in [0.5, 0.6) is 0 Å². The lowest BCUT2D eigenvalue weighted by Gasteiger charge is -2.51. The fourth-order valence-electron chi connectivity index (χ4n) is 9.37. The number of unbranched alkanes of at least 4 members (excludes halogenated alkanes) is 1. The van der Waals surface area contributed by atoms with Gasteiger partial charge in [-0.05, 0) is 12.8 Å². The van der Waals surface area contributed by atoms with Crippen molar-refractivity contribution in [2.45, 2.75) is 158 Å². The molecule has 0 radical (unpaired) electrons. The zero-order valence-electron chi connectivity index (χ0n) is 21.3. The standard InChI is InChI=1S/C27H52B3N/c1-3-28(4-2)20-5-6-21-31-22-19-27(29-23-11-7-12-24(29)14-8-13-23)30-25-15-9-16-26(30)18-10-17-25/h23-27,31H,3-22H2,1-2H3/p+1. The summed E-state index contributed by atoms with van der Waals surface area (Å²) in [6.45, 7) is 10.8. The van der Waals surface area contributed by atoms with Gasteiger partial charge in [0, 0.05) is 0 Å². The molecule has 4 rings (SSSR count). The van der Waals surface area contributed by atoms with Gasteiger partial charge < -0.3 is 5.32 Å². The minimum atomic E-state index is 0.987. The normalized spacial score (nSPS) is 31.5. The molecule has 4 saturated heterocycles. The first kappa shape index (κ1) is 24.3. The zero-order valence-corrected chi connectivity index (χ0v) is 21.3. The second-order valence-electron chi connectivity index (χ2n) is 12.4. The molecule has 0 unspecified atom stereocenters. The van der Waals surface area contributed by atoms with Crippen molar-refractivity contribution in [3.63, 3.8) is 0 Å². The summed E-state index contributed by atoms with van der Waals surface area (Å²) in [6, 6.07) is 0. The van der Waals surface area contributed by atoms with E-state index < -0.39 is 0 Å². The molecule has 0 aromatic rings. The fraction of sp³-hybridized carbons (Fsp3) is 1.00. The van der Waals surface area contributed by atoms with E-state index in [-0.39, 0.29) is 0 Å². The Morgan fingerprint density at radius 2 is 1.13 bits per heavy atom.